The van der Waals surface area contributed by atoms with Crippen LogP contribution < -0.4 is 5.32 Å². The molecule has 0 spiro atoms. The van der Waals surface area contributed by atoms with Crippen LogP contribution in [0.1, 0.15) is 34.8 Å². The van der Waals surface area contributed by atoms with Gasteiger partial charge in [-0.1, -0.05) is 6.07 Å². The second-order valence-corrected chi connectivity index (χ2v) is 6.75. The average molecular weight is 352 g/mol. The number of aromatic nitrogens is 5. The number of fused-ring (bicyclic) bond motifs is 1. The molecule has 1 aliphatic carbocycles. The van der Waals surface area contributed by atoms with Gasteiger partial charge < -0.3 is 10.4 Å². The van der Waals surface area contributed by atoms with E-state index < -0.39 is 0 Å². The van der Waals surface area contributed by atoms with Crippen molar-refractivity contribution < 1.29 is 9.90 Å². The van der Waals surface area contributed by atoms with E-state index in [-0.39, 0.29) is 29.8 Å². The number of nitrogens with zero attached hydrogens (tertiary/aromatic N) is 5. The maximum absolute atomic E-state index is 12.8. The monoisotopic (exact) mass is 352 g/mol. The topological polar surface area (TPSA) is 105 Å². The number of carbonyl (C=O) groups is 1. The molecule has 3 aromatic heterocycles. The molecule has 134 valence electrons. The fraction of sp³-hybridized carbons (Fsp3) is 0.389. The van der Waals surface area contributed by atoms with Crippen molar-refractivity contribution in [1.82, 2.24) is 29.9 Å². The number of carbonyl (C=O) groups excluding carboxylic acids is 1. The highest BCUT2D eigenvalue weighted by molar-refractivity contribution is 5.91. The Morgan fingerprint density at radius 1 is 1.35 bits per heavy atom. The van der Waals surface area contributed by atoms with Crippen molar-refractivity contribution >= 4 is 11.7 Å². The molecule has 1 aliphatic rings. The molecule has 0 radical (unpaired) electrons. The van der Waals surface area contributed by atoms with Gasteiger partial charge in [0.15, 0.2) is 0 Å². The number of hydrogen-bond acceptors (Lipinski definition) is 6. The van der Waals surface area contributed by atoms with E-state index in [4.69, 9.17) is 0 Å². The minimum atomic E-state index is -0.300. The van der Waals surface area contributed by atoms with Gasteiger partial charge in [-0.3, -0.25) is 14.2 Å². The Hall–Kier alpha value is -2.87. The van der Waals surface area contributed by atoms with Gasteiger partial charge in [0.1, 0.15) is 0 Å². The number of aryl methyl sites for hydroxylation is 1. The summed E-state index contributed by atoms with van der Waals surface area (Å²) in [5.74, 6) is 0.523. The number of nitrogens with one attached hydrogen (secondary N) is 1. The molecule has 3 heterocycles. The number of aliphatic hydroxyl groups excluding tert-OH is 1. The van der Waals surface area contributed by atoms with Crippen LogP contribution in [0.2, 0.25) is 0 Å². The molecule has 0 unspecified atom stereocenters. The number of aliphatic hydroxyl groups is 1. The highest BCUT2D eigenvalue weighted by Crippen LogP contribution is 2.31. The lowest BCUT2D eigenvalue weighted by Crippen LogP contribution is -2.48. The molecule has 4 rings (SSSR count). The molecule has 2 N–H and O–H groups in total. The van der Waals surface area contributed by atoms with Crippen molar-refractivity contribution in [1.29, 1.82) is 0 Å². The third kappa shape index (κ3) is 3.28. The second kappa shape index (κ2) is 6.80. The van der Waals surface area contributed by atoms with Gasteiger partial charge in [-0.05, 0) is 43.9 Å². The van der Waals surface area contributed by atoms with Crippen LogP contribution in [-0.4, -0.2) is 47.7 Å². The van der Waals surface area contributed by atoms with E-state index >= 15 is 0 Å². The molecule has 8 heteroatoms. The summed E-state index contributed by atoms with van der Waals surface area (Å²) in [5, 5.41) is 20.7. The first-order valence-electron chi connectivity index (χ1n) is 8.67. The van der Waals surface area contributed by atoms with Gasteiger partial charge in [-0.25, -0.2) is 4.98 Å². The lowest BCUT2D eigenvalue weighted by molar-refractivity contribution is 0.0236. The Kier molecular flexibility index (Phi) is 4.34. The maximum atomic E-state index is 12.8. The van der Waals surface area contributed by atoms with Crippen molar-refractivity contribution in [3.63, 3.8) is 0 Å². The standard InChI is InChI=1S/C18H20N6O2/c1-11-5-7-24-16(22-23-18(24)20-11)17(26)21-15(12-8-14(25)9-12)10-13-4-2-3-6-19-13/h2-7,12,14-15,25H,8-10H2,1H3,(H,21,26)/t12?,14?,15-/m0/s1. The number of hydrogen-bond donors (Lipinski definition) is 2. The average Bonchev–Trinajstić information content (AvgIpc) is 3.02. The van der Waals surface area contributed by atoms with Crippen LogP contribution in [0.5, 0.6) is 0 Å². The highest BCUT2D eigenvalue weighted by Gasteiger charge is 2.35. The van der Waals surface area contributed by atoms with Crippen molar-refractivity contribution in [2.75, 3.05) is 0 Å². The van der Waals surface area contributed by atoms with E-state index in [1.807, 2.05) is 25.1 Å². The molecule has 1 atom stereocenters. The molecular weight excluding hydrogens is 332 g/mol. The summed E-state index contributed by atoms with van der Waals surface area (Å²) in [6.07, 6.45) is 5.16. The Balaban J connectivity index is 1.55. The largest absolute Gasteiger partial charge is 0.393 e. The number of pyridine rings is 1. The van der Waals surface area contributed by atoms with Crippen LogP contribution in [0.4, 0.5) is 0 Å². The van der Waals surface area contributed by atoms with Crippen molar-refractivity contribution in [2.24, 2.45) is 5.92 Å². The van der Waals surface area contributed by atoms with E-state index in [0.717, 1.165) is 11.4 Å². The minimum Gasteiger partial charge on any atom is -0.393 e. The molecule has 1 saturated carbocycles. The Morgan fingerprint density at radius 2 is 2.19 bits per heavy atom. The van der Waals surface area contributed by atoms with E-state index in [1.54, 1.807) is 22.9 Å². The van der Waals surface area contributed by atoms with Gasteiger partial charge in [0, 0.05) is 36.2 Å². The first-order chi connectivity index (χ1) is 12.6. The van der Waals surface area contributed by atoms with Gasteiger partial charge in [-0.2, -0.15) is 0 Å². The highest BCUT2D eigenvalue weighted by atomic mass is 16.3. The van der Waals surface area contributed by atoms with Gasteiger partial charge in [0.05, 0.1) is 6.10 Å². The third-order valence-corrected chi connectivity index (χ3v) is 4.81. The summed E-state index contributed by atoms with van der Waals surface area (Å²) in [6, 6.07) is 7.42. The maximum Gasteiger partial charge on any atom is 0.289 e. The van der Waals surface area contributed by atoms with Crippen LogP contribution in [-0.2, 0) is 6.42 Å². The van der Waals surface area contributed by atoms with Gasteiger partial charge >= 0.3 is 0 Å². The van der Waals surface area contributed by atoms with E-state index in [0.29, 0.717) is 25.0 Å². The molecule has 0 aliphatic heterocycles. The summed E-state index contributed by atoms with van der Waals surface area (Å²) < 4.78 is 1.58. The first-order valence-corrected chi connectivity index (χ1v) is 8.67. The van der Waals surface area contributed by atoms with Crippen LogP contribution in [0.3, 0.4) is 0 Å². The molecule has 1 fully saturated rings. The summed E-state index contributed by atoms with van der Waals surface area (Å²) in [5.41, 5.74) is 1.72. The molecule has 8 nitrogen and oxygen atoms in total. The van der Waals surface area contributed by atoms with E-state index in [2.05, 4.69) is 25.5 Å². The lowest BCUT2D eigenvalue weighted by atomic mass is 9.76. The quantitative estimate of drug-likeness (QED) is 0.708. The smallest absolute Gasteiger partial charge is 0.289 e. The van der Waals surface area contributed by atoms with Crippen LogP contribution in [0, 0.1) is 12.8 Å². The zero-order valence-corrected chi connectivity index (χ0v) is 14.4. The normalized spacial score (nSPS) is 20.5. The van der Waals surface area contributed by atoms with Crippen molar-refractivity contribution in [3.05, 3.63) is 53.9 Å². The van der Waals surface area contributed by atoms with Crippen LogP contribution in [0.15, 0.2) is 36.7 Å². The molecule has 1 amide bonds. The predicted octanol–water partition coefficient (Wildman–Crippen LogP) is 0.940. The molecule has 0 bridgehead atoms. The summed E-state index contributed by atoms with van der Waals surface area (Å²) in [4.78, 5) is 21.4. The lowest BCUT2D eigenvalue weighted by Gasteiger charge is -2.37. The molecular formula is C18H20N6O2. The van der Waals surface area contributed by atoms with Crippen molar-refractivity contribution in [3.8, 4) is 0 Å². The number of amides is 1. The third-order valence-electron chi connectivity index (χ3n) is 4.81. The van der Waals surface area contributed by atoms with Gasteiger partial charge in [-0.15, -0.1) is 10.2 Å². The Bertz CT molecular complexity index is 920. The SMILES string of the molecule is Cc1ccn2c(C(=O)N[C@@H](Cc3ccccn3)C3CC(O)C3)nnc2n1. The molecule has 0 saturated heterocycles. The fourth-order valence-electron chi connectivity index (χ4n) is 3.30. The summed E-state index contributed by atoms with van der Waals surface area (Å²) >= 11 is 0. The fourth-order valence-corrected chi connectivity index (χ4v) is 3.30. The predicted molar refractivity (Wildman–Crippen MR) is 93.4 cm³/mol. The second-order valence-electron chi connectivity index (χ2n) is 6.75. The molecule has 26 heavy (non-hydrogen) atoms. The summed E-state index contributed by atoms with van der Waals surface area (Å²) in [6.45, 7) is 1.86. The van der Waals surface area contributed by atoms with Crippen molar-refractivity contribution in [2.45, 2.75) is 38.3 Å². The first kappa shape index (κ1) is 16.6. The Labute approximate surface area is 150 Å². The molecule has 0 aromatic carbocycles. The molecule has 3 aromatic rings. The zero-order chi connectivity index (χ0) is 18.1. The van der Waals surface area contributed by atoms with Gasteiger partial charge in [0.25, 0.3) is 11.7 Å². The van der Waals surface area contributed by atoms with Gasteiger partial charge in [0.2, 0.25) is 5.82 Å². The minimum absolute atomic E-state index is 0.119. The zero-order valence-electron chi connectivity index (χ0n) is 14.4. The van der Waals surface area contributed by atoms with E-state index in [1.165, 1.54) is 0 Å². The van der Waals surface area contributed by atoms with Crippen LogP contribution >= 0.6 is 0 Å². The summed E-state index contributed by atoms with van der Waals surface area (Å²) in [7, 11) is 0. The van der Waals surface area contributed by atoms with E-state index in [9.17, 15) is 9.90 Å². The van der Waals surface area contributed by atoms with Crippen LogP contribution in [0.25, 0.3) is 5.78 Å². The number of rotatable bonds is 5. The Morgan fingerprint density at radius 3 is 2.92 bits per heavy atom.